The summed E-state index contributed by atoms with van der Waals surface area (Å²) in [6.45, 7) is 4.00. The molecule has 0 spiro atoms. The van der Waals surface area contributed by atoms with Crippen LogP contribution in [0.5, 0.6) is 11.5 Å². The Morgan fingerprint density at radius 1 is 0.793 bits per heavy atom. The highest BCUT2D eigenvalue weighted by atomic mass is 19.1. The van der Waals surface area contributed by atoms with Crippen LogP contribution < -0.4 is 14.4 Å². The Hall–Kier alpha value is -3.41. The molecule has 0 saturated heterocycles. The largest absolute Gasteiger partial charge is 0.497 e. The van der Waals surface area contributed by atoms with Crippen molar-refractivity contribution in [1.29, 1.82) is 0 Å². The van der Waals surface area contributed by atoms with E-state index in [-0.39, 0.29) is 11.3 Å². The fourth-order valence-corrected chi connectivity index (χ4v) is 2.63. The van der Waals surface area contributed by atoms with E-state index in [1.807, 2.05) is 13.8 Å². The van der Waals surface area contributed by atoms with Crippen LogP contribution in [0.25, 0.3) is 0 Å². The van der Waals surface area contributed by atoms with Crippen molar-refractivity contribution in [3.8, 4) is 11.5 Å². The number of hydrogen-bond acceptors (Lipinski definition) is 3. The average molecular weight is 399 g/mol. The quantitative estimate of drug-likeness (QED) is 0.529. The number of nitrogens with zero attached hydrogens (tertiary/aromatic N) is 1. The molecule has 0 atom stereocenters. The van der Waals surface area contributed by atoms with Gasteiger partial charge in [0.1, 0.15) is 11.6 Å². The summed E-state index contributed by atoms with van der Waals surface area (Å²) in [5.74, 6) is -0.855. The molecule has 3 aromatic rings. The molecule has 0 aliphatic carbocycles. The Morgan fingerprint density at radius 2 is 1.34 bits per heavy atom. The molecule has 0 bridgehead atoms. The second kappa shape index (κ2) is 10.2. The number of ether oxygens (including phenoxy) is 2. The molecule has 0 saturated carbocycles. The highest BCUT2D eigenvalue weighted by molar-refractivity contribution is 6.11. The summed E-state index contributed by atoms with van der Waals surface area (Å²) in [6, 6.07) is 16.3. The molecule has 4 nitrogen and oxygen atoms in total. The van der Waals surface area contributed by atoms with Crippen LogP contribution >= 0.6 is 0 Å². The van der Waals surface area contributed by atoms with Gasteiger partial charge in [-0.1, -0.05) is 13.8 Å². The van der Waals surface area contributed by atoms with Crippen molar-refractivity contribution in [3.05, 3.63) is 83.9 Å². The summed E-state index contributed by atoms with van der Waals surface area (Å²) >= 11 is 0. The van der Waals surface area contributed by atoms with E-state index in [4.69, 9.17) is 9.47 Å². The molecule has 29 heavy (non-hydrogen) atoms. The van der Waals surface area contributed by atoms with Gasteiger partial charge >= 0.3 is 0 Å². The molecular weight excluding hydrogens is 376 g/mol. The molecule has 3 aromatic carbocycles. The number of anilines is 2. The topological polar surface area (TPSA) is 38.8 Å². The summed E-state index contributed by atoms with van der Waals surface area (Å²) in [6.07, 6.45) is 0. The van der Waals surface area contributed by atoms with Gasteiger partial charge < -0.3 is 9.47 Å². The van der Waals surface area contributed by atoms with Gasteiger partial charge in [0.2, 0.25) is 0 Å². The zero-order chi connectivity index (χ0) is 21.4. The molecular formula is C23H23F2NO3. The lowest BCUT2D eigenvalue weighted by Crippen LogP contribution is -2.26. The SMILES string of the molecule is CC.COc1ccc(N(C(=O)c2ccc(OC)c(F)c2)c2ccc(F)cc2)cc1. The number of benzene rings is 3. The molecule has 6 heteroatoms. The first-order valence-electron chi connectivity index (χ1n) is 9.11. The maximum atomic E-state index is 14.1. The molecule has 0 aliphatic heterocycles. The van der Waals surface area contributed by atoms with Gasteiger partial charge in [0.15, 0.2) is 11.6 Å². The third-order valence-corrected chi connectivity index (χ3v) is 4.02. The lowest BCUT2D eigenvalue weighted by atomic mass is 10.1. The number of rotatable bonds is 5. The Balaban J connectivity index is 0.00000145. The van der Waals surface area contributed by atoms with Crippen LogP contribution in [0.15, 0.2) is 66.7 Å². The first kappa shape index (κ1) is 21.9. The first-order chi connectivity index (χ1) is 14.0. The number of carbonyl (C=O) groups excluding carboxylic acids is 1. The molecule has 0 N–H and O–H groups in total. The van der Waals surface area contributed by atoms with Crippen LogP contribution in [-0.4, -0.2) is 20.1 Å². The molecule has 152 valence electrons. The lowest BCUT2D eigenvalue weighted by Gasteiger charge is -2.23. The highest BCUT2D eigenvalue weighted by Crippen LogP contribution is 2.30. The van der Waals surface area contributed by atoms with Crippen molar-refractivity contribution in [2.75, 3.05) is 19.1 Å². The van der Waals surface area contributed by atoms with Crippen LogP contribution in [-0.2, 0) is 0 Å². The molecule has 0 fully saturated rings. The minimum Gasteiger partial charge on any atom is -0.497 e. The van der Waals surface area contributed by atoms with E-state index < -0.39 is 17.5 Å². The van der Waals surface area contributed by atoms with Gasteiger partial charge in [0.05, 0.1) is 14.2 Å². The minimum atomic E-state index is -0.642. The molecule has 1 amide bonds. The third kappa shape index (κ3) is 5.10. The standard InChI is InChI=1S/C21H17F2NO3.C2H6/c1-26-18-10-8-17(9-11-18)24(16-6-4-15(22)5-7-16)21(25)14-3-12-20(27-2)19(23)13-14;1-2/h3-13H,1-2H3;1-2H3. The summed E-state index contributed by atoms with van der Waals surface area (Å²) in [5, 5.41) is 0. The van der Waals surface area contributed by atoms with Crippen LogP contribution in [0.1, 0.15) is 24.2 Å². The molecule has 3 rings (SSSR count). The summed E-state index contributed by atoms with van der Waals surface area (Å²) in [4.78, 5) is 14.5. The van der Waals surface area contributed by atoms with E-state index in [0.717, 1.165) is 6.07 Å². The van der Waals surface area contributed by atoms with Crippen molar-refractivity contribution >= 4 is 17.3 Å². The minimum absolute atomic E-state index is 0.0457. The second-order valence-corrected chi connectivity index (χ2v) is 5.66. The van der Waals surface area contributed by atoms with Crippen molar-refractivity contribution in [1.82, 2.24) is 0 Å². The number of amides is 1. The molecule has 0 aromatic heterocycles. The number of halogens is 2. The van der Waals surface area contributed by atoms with Gasteiger partial charge in [-0.15, -0.1) is 0 Å². The van der Waals surface area contributed by atoms with Crippen LogP contribution in [0.4, 0.5) is 20.2 Å². The smallest absolute Gasteiger partial charge is 0.262 e. The Labute approximate surface area is 169 Å². The van der Waals surface area contributed by atoms with E-state index in [1.54, 1.807) is 24.3 Å². The fraction of sp³-hybridized carbons (Fsp3) is 0.174. The molecule has 0 unspecified atom stereocenters. The maximum Gasteiger partial charge on any atom is 0.262 e. The van der Waals surface area contributed by atoms with Gasteiger partial charge in [0.25, 0.3) is 5.91 Å². The highest BCUT2D eigenvalue weighted by Gasteiger charge is 2.21. The monoisotopic (exact) mass is 399 g/mol. The van der Waals surface area contributed by atoms with E-state index in [9.17, 15) is 13.6 Å². The van der Waals surface area contributed by atoms with Crippen molar-refractivity contribution in [2.24, 2.45) is 0 Å². The fourth-order valence-electron chi connectivity index (χ4n) is 2.63. The first-order valence-corrected chi connectivity index (χ1v) is 9.11. The van der Waals surface area contributed by atoms with Crippen LogP contribution in [0.2, 0.25) is 0 Å². The molecule has 0 aliphatic rings. The maximum absolute atomic E-state index is 14.1. The summed E-state index contributed by atoms with van der Waals surface area (Å²) < 4.78 is 37.4. The van der Waals surface area contributed by atoms with Crippen molar-refractivity contribution in [2.45, 2.75) is 13.8 Å². The number of carbonyl (C=O) groups is 1. The lowest BCUT2D eigenvalue weighted by molar-refractivity contribution is 0.0998. The zero-order valence-corrected chi connectivity index (χ0v) is 16.8. The average Bonchev–Trinajstić information content (AvgIpc) is 2.77. The zero-order valence-electron chi connectivity index (χ0n) is 16.8. The summed E-state index contributed by atoms with van der Waals surface area (Å²) in [5.41, 5.74) is 1.11. The van der Waals surface area contributed by atoms with Gasteiger partial charge in [0, 0.05) is 16.9 Å². The van der Waals surface area contributed by atoms with Gasteiger partial charge in [-0.05, 0) is 66.7 Å². The Morgan fingerprint density at radius 3 is 1.83 bits per heavy atom. The van der Waals surface area contributed by atoms with Gasteiger partial charge in [-0.25, -0.2) is 8.78 Å². The predicted octanol–water partition coefficient (Wildman–Crippen LogP) is 5.99. The third-order valence-electron chi connectivity index (χ3n) is 4.02. The van der Waals surface area contributed by atoms with Crippen molar-refractivity contribution < 1.29 is 23.0 Å². The normalized spacial score (nSPS) is 9.86. The molecule has 0 radical (unpaired) electrons. The predicted molar refractivity (Wildman–Crippen MR) is 110 cm³/mol. The van der Waals surface area contributed by atoms with Crippen LogP contribution in [0.3, 0.4) is 0 Å². The van der Waals surface area contributed by atoms with Gasteiger partial charge in [-0.2, -0.15) is 0 Å². The Kier molecular flexibility index (Phi) is 7.71. The second-order valence-electron chi connectivity index (χ2n) is 5.66. The van der Waals surface area contributed by atoms with Crippen molar-refractivity contribution in [3.63, 3.8) is 0 Å². The van der Waals surface area contributed by atoms with Crippen LogP contribution in [0, 0.1) is 11.6 Å². The van der Waals surface area contributed by atoms with E-state index in [1.165, 1.54) is 55.5 Å². The van der Waals surface area contributed by atoms with Gasteiger partial charge in [-0.3, -0.25) is 9.69 Å². The molecule has 0 heterocycles. The van der Waals surface area contributed by atoms with E-state index in [2.05, 4.69) is 0 Å². The van der Waals surface area contributed by atoms with E-state index in [0.29, 0.717) is 17.1 Å². The summed E-state index contributed by atoms with van der Waals surface area (Å²) in [7, 11) is 2.89. The van der Waals surface area contributed by atoms with E-state index >= 15 is 0 Å². The number of hydrogen-bond donors (Lipinski definition) is 0. The Bertz CT molecular complexity index is 941. The number of methoxy groups -OCH3 is 2.